The van der Waals surface area contributed by atoms with Gasteiger partial charge in [-0.3, -0.25) is 4.79 Å². The molecular weight excluding hydrogens is 256 g/mol. The molecule has 110 valence electrons. The number of carbonyl (C=O) groups is 1. The predicted molar refractivity (Wildman–Crippen MR) is 75.2 cm³/mol. The third kappa shape index (κ3) is 3.81. The SMILES string of the molecule is CO[C@@H]([C@@H]1CCCO1)[C@@H](C)C(=O)OCc1ccccc1. The Hall–Kier alpha value is -1.39. The van der Waals surface area contributed by atoms with Crippen LogP contribution in [0.4, 0.5) is 0 Å². The Kier molecular flexibility index (Phi) is 5.56. The van der Waals surface area contributed by atoms with Crippen molar-refractivity contribution in [3.05, 3.63) is 35.9 Å². The van der Waals surface area contributed by atoms with E-state index in [1.165, 1.54) is 0 Å². The summed E-state index contributed by atoms with van der Waals surface area (Å²) in [6.45, 7) is 2.88. The molecule has 0 saturated carbocycles. The summed E-state index contributed by atoms with van der Waals surface area (Å²) in [6.07, 6.45) is 1.73. The van der Waals surface area contributed by atoms with Crippen LogP contribution in [0.3, 0.4) is 0 Å². The smallest absolute Gasteiger partial charge is 0.311 e. The van der Waals surface area contributed by atoms with E-state index in [0.29, 0.717) is 6.61 Å². The zero-order chi connectivity index (χ0) is 14.4. The van der Waals surface area contributed by atoms with Crippen molar-refractivity contribution in [2.24, 2.45) is 5.92 Å². The molecule has 1 aliphatic rings. The van der Waals surface area contributed by atoms with Crippen molar-refractivity contribution in [2.45, 2.75) is 38.6 Å². The van der Waals surface area contributed by atoms with Crippen LogP contribution in [0.2, 0.25) is 0 Å². The maximum atomic E-state index is 12.1. The standard InChI is InChI=1S/C16H22O4/c1-12(15(18-2)14-9-6-10-19-14)16(17)20-11-13-7-4-3-5-8-13/h3-5,7-8,12,14-15H,6,9-11H2,1-2H3/t12-,14+,15-/m1/s1. The van der Waals surface area contributed by atoms with Gasteiger partial charge in [0.25, 0.3) is 0 Å². The first-order chi connectivity index (χ1) is 9.72. The van der Waals surface area contributed by atoms with Gasteiger partial charge in [-0.1, -0.05) is 30.3 Å². The van der Waals surface area contributed by atoms with Crippen LogP contribution in [0, 0.1) is 5.92 Å². The van der Waals surface area contributed by atoms with E-state index in [-0.39, 0.29) is 24.1 Å². The van der Waals surface area contributed by atoms with Crippen molar-refractivity contribution >= 4 is 5.97 Å². The van der Waals surface area contributed by atoms with Gasteiger partial charge in [-0.15, -0.1) is 0 Å². The van der Waals surface area contributed by atoms with Crippen LogP contribution in [-0.2, 0) is 25.6 Å². The van der Waals surface area contributed by atoms with Crippen molar-refractivity contribution in [3.8, 4) is 0 Å². The lowest BCUT2D eigenvalue weighted by Gasteiger charge is -2.26. The van der Waals surface area contributed by atoms with Gasteiger partial charge in [-0.25, -0.2) is 0 Å². The first-order valence-electron chi connectivity index (χ1n) is 7.07. The third-order valence-electron chi connectivity index (χ3n) is 3.69. The fourth-order valence-electron chi connectivity index (χ4n) is 2.53. The number of hydrogen-bond acceptors (Lipinski definition) is 4. The van der Waals surface area contributed by atoms with Gasteiger partial charge in [-0.05, 0) is 25.3 Å². The molecule has 1 heterocycles. The molecule has 0 aliphatic carbocycles. The second kappa shape index (κ2) is 7.41. The molecule has 0 radical (unpaired) electrons. The molecule has 20 heavy (non-hydrogen) atoms. The molecule has 0 spiro atoms. The Bertz CT molecular complexity index is 412. The van der Waals surface area contributed by atoms with Crippen LogP contribution in [-0.4, -0.2) is 31.9 Å². The Morgan fingerprint density at radius 2 is 2.15 bits per heavy atom. The first-order valence-corrected chi connectivity index (χ1v) is 7.07. The van der Waals surface area contributed by atoms with Gasteiger partial charge in [-0.2, -0.15) is 0 Å². The minimum absolute atomic E-state index is 0.000671. The molecular formula is C16H22O4. The van der Waals surface area contributed by atoms with Crippen LogP contribution in [0.1, 0.15) is 25.3 Å². The van der Waals surface area contributed by atoms with Gasteiger partial charge >= 0.3 is 5.97 Å². The molecule has 1 aromatic rings. The molecule has 1 aromatic carbocycles. The minimum Gasteiger partial charge on any atom is -0.461 e. The monoisotopic (exact) mass is 278 g/mol. The molecule has 2 rings (SSSR count). The zero-order valence-electron chi connectivity index (χ0n) is 12.1. The zero-order valence-corrected chi connectivity index (χ0v) is 12.1. The number of methoxy groups -OCH3 is 1. The van der Waals surface area contributed by atoms with E-state index in [1.807, 2.05) is 37.3 Å². The van der Waals surface area contributed by atoms with Gasteiger partial charge < -0.3 is 14.2 Å². The lowest BCUT2D eigenvalue weighted by Crippen LogP contribution is -2.38. The molecule has 0 unspecified atom stereocenters. The van der Waals surface area contributed by atoms with Crippen LogP contribution in [0.15, 0.2) is 30.3 Å². The highest BCUT2D eigenvalue weighted by molar-refractivity contribution is 5.72. The number of benzene rings is 1. The third-order valence-corrected chi connectivity index (χ3v) is 3.69. The molecule has 0 bridgehead atoms. The normalized spacial score (nSPS) is 21.4. The molecule has 4 heteroatoms. The van der Waals surface area contributed by atoms with E-state index in [4.69, 9.17) is 14.2 Å². The number of hydrogen-bond donors (Lipinski definition) is 0. The van der Waals surface area contributed by atoms with Crippen molar-refractivity contribution < 1.29 is 19.0 Å². The first kappa shape index (κ1) is 15.0. The average molecular weight is 278 g/mol. The van der Waals surface area contributed by atoms with Crippen LogP contribution in [0.5, 0.6) is 0 Å². The summed E-state index contributed by atoms with van der Waals surface area (Å²) in [7, 11) is 1.62. The summed E-state index contributed by atoms with van der Waals surface area (Å²) in [6, 6.07) is 9.66. The van der Waals surface area contributed by atoms with Gasteiger partial charge in [0.2, 0.25) is 0 Å². The second-order valence-electron chi connectivity index (χ2n) is 5.13. The van der Waals surface area contributed by atoms with E-state index < -0.39 is 0 Å². The summed E-state index contributed by atoms with van der Waals surface area (Å²) in [5.74, 6) is -0.567. The molecule has 3 atom stereocenters. The molecule has 1 fully saturated rings. The quantitative estimate of drug-likeness (QED) is 0.750. The topological polar surface area (TPSA) is 44.8 Å². The van der Waals surface area contributed by atoms with E-state index in [0.717, 1.165) is 25.0 Å². The summed E-state index contributed by atoms with van der Waals surface area (Å²) >= 11 is 0. The number of carbonyl (C=O) groups excluding carboxylic acids is 1. The molecule has 1 aliphatic heterocycles. The van der Waals surface area contributed by atoms with Gasteiger partial charge in [0.1, 0.15) is 6.61 Å². The lowest BCUT2D eigenvalue weighted by atomic mass is 9.98. The Balaban J connectivity index is 1.86. The van der Waals surface area contributed by atoms with Crippen molar-refractivity contribution in [2.75, 3.05) is 13.7 Å². The highest BCUT2D eigenvalue weighted by atomic mass is 16.6. The van der Waals surface area contributed by atoms with Crippen molar-refractivity contribution in [3.63, 3.8) is 0 Å². The average Bonchev–Trinajstić information content (AvgIpc) is 3.00. The number of rotatable bonds is 6. The maximum Gasteiger partial charge on any atom is 0.311 e. The highest BCUT2D eigenvalue weighted by Crippen LogP contribution is 2.23. The molecule has 0 aromatic heterocycles. The van der Waals surface area contributed by atoms with Crippen LogP contribution in [0.25, 0.3) is 0 Å². The van der Waals surface area contributed by atoms with E-state index in [2.05, 4.69) is 0 Å². The fraction of sp³-hybridized carbons (Fsp3) is 0.562. The van der Waals surface area contributed by atoms with Crippen molar-refractivity contribution in [1.82, 2.24) is 0 Å². The van der Waals surface area contributed by atoms with Gasteiger partial charge in [0, 0.05) is 13.7 Å². The molecule has 0 amide bonds. The predicted octanol–water partition coefficient (Wildman–Crippen LogP) is 2.56. The molecule has 4 nitrogen and oxygen atoms in total. The van der Waals surface area contributed by atoms with Crippen molar-refractivity contribution in [1.29, 1.82) is 0 Å². The lowest BCUT2D eigenvalue weighted by molar-refractivity contribution is -0.158. The van der Waals surface area contributed by atoms with E-state index in [9.17, 15) is 4.79 Å². The highest BCUT2D eigenvalue weighted by Gasteiger charge is 2.34. The number of esters is 1. The summed E-state index contributed by atoms with van der Waals surface area (Å²) in [5, 5.41) is 0. The summed E-state index contributed by atoms with van der Waals surface area (Å²) < 4.78 is 16.4. The van der Waals surface area contributed by atoms with E-state index >= 15 is 0 Å². The Labute approximate surface area is 120 Å². The van der Waals surface area contributed by atoms with Crippen LogP contribution < -0.4 is 0 Å². The molecule has 0 N–H and O–H groups in total. The van der Waals surface area contributed by atoms with Gasteiger partial charge in [0.15, 0.2) is 0 Å². The minimum atomic E-state index is -0.327. The summed E-state index contributed by atoms with van der Waals surface area (Å²) in [4.78, 5) is 12.1. The Morgan fingerprint density at radius 3 is 2.75 bits per heavy atom. The summed E-state index contributed by atoms with van der Waals surface area (Å²) in [5.41, 5.74) is 0.985. The second-order valence-corrected chi connectivity index (χ2v) is 5.13. The largest absolute Gasteiger partial charge is 0.461 e. The number of ether oxygens (including phenoxy) is 3. The Morgan fingerprint density at radius 1 is 1.40 bits per heavy atom. The molecule has 1 saturated heterocycles. The fourth-order valence-corrected chi connectivity index (χ4v) is 2.53. The van der Waals surface area contributed by atoms with Gasteiger partial charge in [0.05, 0.1) is 18.1 Å². The van der Waals surface area contributed by atoms with E-state index in [1.54, 1.807) is 7.11 Å². The maximum absolute atomic E-state index is 12.1. The van der Waals surface area contributed by atoms with Crippen LogP contribution >= 0.6 is 0 Å².